The molecule has 1 saturated carbocycles. The highest BCUT2D eigenvalue weighted by Gasteiger charge is 2.45. The first-order valence-corrected chi connectivity index (χ1v) is 13.8. The van der Waals surface area contributed by atoms with E-state index in [1.165, 1.54) is 49.9 Å². The number of nitrogens with one attached hydrogen (secondary N) is 1. The molecule has 1 spiro atoms. The average Bonchev–Trinajstić information content (AvgIpc) is 3.64. The smallest absolute Gasteiger partial charge is 0.138 e. The van der Waals surface area contributed by atoms with Gasteiger partial charge >= 0.3 is 0 Å². The van der Waals surface area contributed by atoms with Crippen LogP contribution in [0.15, 0.2) is 72.8 Å². The summed E-state index contributed by atoms with van der Waals surface area (Å²) in [6.07, 6.45) is 9.97. The van der Waals surface area contributed by atoms with Gasteiger partial charge < -0.3 is 9.88 Å². The second-order valence-electron chi connectivity index (χ2n) is 11.1. The van der Waals surface area contributed by atoms with Crippen LogP contribution in [0, 0.1) is 5.92 Å². The van der Waals surface area contributed by atoms with Crippen molar-refractivity contribution < 1.29 is 0 Å². The van der Waals surface area contributed by atoms with Crippen LogP contribution in [0.5, 0.6) is 0 Å². The number of aromatic nitrogens is 2. The van der Waals surface area contributed by atoms with Gasteiger partial charge in [-0.15, -0.1) is 0 Å². The molecule has 2 aliphatic carbocycles. The fraction of sp³-hybridized carbons (Fsp3) is 0.344. The van der Waals surface area contributed by atoms with Crippen molar-refractivity contribution in [3.63, 3.8) is 0 Å². The summed E-state index contributed by atoms with van der Waals surface area (Å²) in [6.45, 7) is 4.87. The number of allylic oxidation sites excluding steroid dienone is 1. The largest absolute Gasteiger partial charge is 0.338 e. The number of rotatable bonds is 3. The zero-order chi connectivity index (χ0) is 24.3. The third-order valence-corrected chi connectivity index (χ3v) is 9.48. The van der Waals surface area contributed by atoms with Crippen LogP contribution in [-0.4, -0.2) is 34.0 Å². The molecule has 7 rings (SSSR count). The number of likely N-dealkylation sites (tertiary alicyclic amines) is 1. The molecule has 2 heterocycles. The summed E-state index contributed by atoms with van der Waals surface area (Å²) in [7, 11) is 0. The Morgan fingerprint density at radius 3 is 2.75 bits per heavy atom. The highest BCUT2D eigenvalue weighted by atomic mass is 35.5. The molecule has 2 fully saturated rings. The zero-order valence-electron chi connectivity index (χ0n) is 20.8. The van der Waals surface area contributed by atoms with E-state index in [0.717, 1.165) is 27.4 Å². The molecule has 4 aromatic rings. The van der Waals surface area contributed by atoms with Crippen LogP contribution in [0.4, 0.5) is 0 Å². The van der Waals surface area contributed by atoms with E-state index in [4.69, 9.17) is 16.6 Å². The van der Waals surface area contributed by atoms with E-state index < -0.39 is 0 Å². The van der Waals surface area contributed by atoms with Crippen molar-refractivity contribution in [2.45, 2.75) is 50.0 Å². The molecule has 182 valence electrons. The van der Waals surface area contributed by atoms with E-state index in [0.29, 0.717) is 17.9 Å². The SMILES string of the molecule is C[C@H]1CN([C@@H]2CC[C@H](c3ccc(-c4nc5cc(Cl)ccc5[nH]4)cc3)C2)CCC12C=Cc1ccccc12. The van der Waals surface area contributed by atoms with Crippen molar-refractivity contribution in [3.05, 3.63) is 94.5 Å². The number of fused-ring (bicyclic) bond motifs is 3. The predicted molar refractivity (Wildman–Crippen MR) is 149 cm³/mol. The lowest BCUT2D eigenvalue weighted by Gasteiger charge is -2.46. The Balaban J connectivity index is 1.03. The first-order chi connectivity index (χ1) is 17.6. The van der Waals surface area contributed by atoms with Gasteiger partial charge in [0, 0.05) is 28.6 Å². The zero-order valence-corrected chi connectivity index (χ0v) is 21.5. The number of aromatic amines is 1. The standard InChI is InChI=1S/C32H32ClN3/c1-21-20-36(17-16-32(21)15-14-23-4-2-3-5-28(23)32)27-12-10-25(18-27)22-6-8-24(9-7-22)31-34-29-13-11-26(33)19-30(29)35-31/h2-9,11,13-15,19,21,25,27H,10,12,16-18,20H2,1H3,(H,34,35)/t21-,25-,27+,32?/m0/s1. The molecule has 1 aromatic heterocycles. The van der Waals surface area contributed by atoms with Crippen LogP contribution in [-0.2, 0) is 5.41 Å². The lowest BCUT2D eigenvalue weighted by Crippen LogP contribution is -2.50. The summed E-state index contributed by atoms with van der Waals surface area (Å²) >= 11 is 6.13. The maximum Gasteiger partial charge on any atom is 0.138 e. The Hall–Kier alpha value is -2.88. The number of hydrogen-bond donors (Lipinski definition) is 1. The van der Waals surface area contributed by atoms with Gasteiger partial charge in [0.2, 0.25) is 0 Å². The van der Waals surface area contributed by atoms with Gasteiger partial charge in [-0.3, -0.25) is 0 Å². The lowest BCUT2D eigenvalue weighted by molar-refractivity contribution is 0.0898. The minimum absolute atomic E-state index is 0.239. The third-order valence-electron chi connectivity index (χ3n) is 9.24. The first-order valence-electron chi connectivity index (χ1n) is 13.4. The van der Waals surface area contributed by atoms with Crippen molar-refractivity contribution in [2.24, 2.45) is 5.92 Å². The van der Waals surface area contributed by atoms with Crippen LogP contribution in [0.25, 0.3) is 28.5 Å². The fourth-order valence-corrected chi connectivity index (χ4v) is 7.34. The minimum atomic E-state index is 0.239. The Bertz CT molecular complexity index is 1450. The molecule has 36 heavy (non-hydrogen) atoms. The fourth-order valence-electron chi connectivity index (χ4n) is 7.18. The topological polar surface area (TPSA) is 31.9 Å². The van der Waals surface area contributed by atoms with Crippen molar-refractivity contribution in [3.8, 4) is 11.4 Å². The Kier molecular flexibility index (Phi) is 5.34. The molecule has 4 atom stereocenters. The van der Waals surface area contributed by atoms with Gasteiger partial charge in [0.1, 0.15) is 5.82 Å². The summed E-state index contributed by atoms with van der Waals surface area (Å²) in [5, 5.41) is 0.717. The van der Waals surface area contributed by atoms with Gasteiger partial charge in [-0.05, 0) is 79.0 Å². The quantitative estimate of drug-likeness (QED) is 0.315. The van der Waals surface area contributed by atoms with E-state index >= 15 is 0 Å². The Morgan fingerprint density at radius 1 is 1.03 bits per heavy atom. The molecule has 0 amide bonds. The van der Waals surface area contributed by atoms with E-state index in [2.05, 4.69) is 77.5 Å². The van der Waals surface area contributed by atoms with Gasteiger partial charge in [0.25, 0.3) is 0 Å². The van der Waals surface area contributed by atoms with E-state index in [-0.39, 0.29) is 5.41 Å². The number of nitrogens with zero attached hydrogens (tertiary/aromatic N) is 2. The van der Waals surface area contributed by atoms with Crippen LogP contribution in [0.2, 0.25) is 5.02 Å². The number of H-pyrrole nitrogens is 1. The summed E-state index contributed by atoms with van der Waals surface area (Å²) in [5.74, 6) is 2.20. The molecule has 1 aliphatic heterocycles. The number of benzene rings is 3. The van der Waals surface area contributed by atoms with Crippen molar-refractivity contribution in [2.75, 3.05) is 13.1 Å². The molecule has 1 N–H and O–H groups in total. The molecule has 3 nitrogen and oxygen atoms in total. The van der Waals surface area contributed by atoms with Crippen LogP contribution < -0.4 is 0 Å². The van der Waals surface area contributed by atoms with E-state index in [1.807, 2.05) is 18.2 Å². The number of imidazole rings is 1. The summed E-state index contributed by atoms with van der Waals surface area (Å²) in [4.78, 5) is 11.0. The van der Waals surface area contributed by atoms with Crippen molar-refractivity contribution >= 4 is 28.7 Å². The van der Waals surface area contributed by atoms with E-state index in [1.54, 1.807) is 5.56 Å². The molecule has 4 heteroatoms. The third kappa shape index (κ3) is 3.64. The molecular weight excluding hydrogens is 462 g/mol. The highest BCUT2D eigenvalue weighted by molar-refractivity contribution is 6.31. The minimum Gasteiger partial charge on any atom is -0.338 e. The summed E-state index contributed by atoms with van der Waals surface area (Å²) in [5.41, 5.74) is 7.74. The van der Waals surface area contributed by atoms with Crippen LogP contribution in [0.3, 0.4) is 0 Å². The van der Waals surface area contributed by atoms with Crippen LogP contribution in [0.1, 0.15) is 55.2 Å². The van der Waals surface area contributed by atoms with Crippen molar-refractivity contribution in [1.82, 2.24) is 14.9 Å². The highest BCUT2D eigenvalue weighted by Crippen LogP contribution is 2.48. The predicted octanol–water partition coefficient (Wildman–Crippen LogP) is 7.83. The normalized spacial score (nSPS) is 27.8. The monoisotopic (exact) mass is 493 g/mol. The van der Waals surface area contributed by atoms with Gasteiger partial charge in [-0.25, -0.2) is 4.98 Å². The average molecular weight is 494 g/mol. The van der Waals surface area contributed by atoms with E-state index in [9.17, 15) is 0 Å². The van der Waals surface area contributed by atoms with Crippen LogP contribution >= 0.6 is 11.6 Å². The number of halogens is 1. The molecule has 3 aliphatic rings. The Morgan fingerprint density at radius 2 is 1.89 bits per heavy atom. The molecular formula is C32H32ClN3. The second kappa shape index (κ2) is 8.61. The molecule has 1 unspecified atom stereocenters. The maximum absolute atomic E-state index is 6.13. The molecule has 3 aromatic carbocycles. The van der Waals surface area contributed by atoms with Crippen molar-refractivity contribution in [1.29, 1.82) is 0 Å². The maximum atomic E-state index is 6.13. The number of piperidine rings is 1. The Labute approximate surface area is 218 Å². The molecule has 0 bridgehead atoms. The molecule has 0 radical (unpaired) electrons. The lowest BCUT2D eigenvalue weighted by atomic mass is 9.68. The first kappa shape index (κ1) is 22.3. The van der Waals surface area contributed by atoms with Gasteiger partial charge in [-0.2, -0.15) is 0 Å². The van der Waals surface area contributed by atoms with Gasteiger partial charge in [0.15, 0.2) is 0 Å². The summed E-state index contributed by atoms with van der Waals surface area (Å²) < 4.78 is 0. The van der Waals surface area contributed by atoms with Gasteiger partial charge in [-0.1, -0.05) is 79.2 Å². The summed E-state index contributed by atoms with van der Waals surface area (Å²) in [6, 6.07) is 24.6. The molecule has 1 saturated heterocycles. The second-order valence-corrected chi connectivity index (χ2v) is 11.6. The number of hydrogen-bond acceptors (Lipinski definition) is 2. The van der Waals surface area contributed by atoms with Gasteiger partial charge in [0.05, 0.1) is 11.0 Å².